The molecule has 0 bridgehead atoms. The molecule has 0 aromatic heterocycles. The van der Waals surface area contributed by atoms with Crippen molar-refractivity contribution < 1.29 is 5.11 Å². The molecule has 12 heavy (non-hydrogen) atoms. The van der Waals surface area contributed by atoms with Gasteiger partial charge < -0.3 is 10.4 Å². The van der Waals surface area contributed by atoms with Crippen LogP contribution in [0, 0.1) is 11.8 Å². The normalized spacial score (nSPS) is 18.4. The van der Waals surface area contributed by atoms with E-state index >= 15 is 0 Å². The van der Waals surface area contributed by atoms with E-state index in [9.17, 15) is 0 Å². The van der Waals surface area contributed by atoms with Gasteiger partial charge in [-0.15, -0.1) is 0 Å². The molecule has 1 fully saturated rings. The molecule has 0 aromatic rings. The molecule has 1 aliphatic rings. The van der Waals surface area contributed by atoms with Crippen LogP contribution in [0.25, 0.3) is 0 Å². The van der Waals surface area contributed by atoms with E-state index in [2.05, 4.69) is 17.2 Å². The number of hydrogen-bond donors (Lipinski definition) is 2. The second-order valence-corrected chi connectivity index (χ2v) is 4.00. The Balaban J connectivity index is 2.05. The Hall–Kier alpha value is -0.170. The number of thioether (sulfide) groups is 1. The lowest BCUT2D eigenvalue weighted by Gasteiger charge is -2.21. The largest absolute Gasteiger partial charge is 0.384 e. The minimum Gasteiger partial charge on any atom is -0.384 e. The first kappa shape index (κ1) is 9.91. The third-order valence-electron chi connectivity index (χ3n) is 1.90. The highest BCUT2D eigenvalue weighted by Crippen LogP contribution is 2.16. The van der Waals surface area contributed by atoms with Gasteiger partial charge in [0.05, 0.1) is 6.54 Å². The van der Waals surface area contributed by atoms with E-state index in [0.29, 0.717) is 6.04 Å². The fourth-order valence-corrected chi connectivity index (χ4v) is 2.32. The fourth-order valence-electron chi connectivity index (χ4n) is 1.22. The highest BCUT2D eigenvalue weighted by atomic mass is 32.2. The molecule has 3 heteroatoms. The summed E-state index contributed by atoms with van der Waals surface area (Å²) in [5, 5.41) is 11.8. The molecule has 0 aromatic carbocycles. The molecule has 1 saturated heterocycles. The van der Waals surface area contributed by atoms with Crippen LogP contribution < -0.4 is 5.32 Å². The Morgan fingerprint density at radius 3 is 2.75 bits per heavy atom. The fraction of sp³-hybridized carbons (Fsp3) is 0.778. The van der Waals surface area contributed by atoms with Gasteiger partial charge >= 0.3 is 0 Å². The van der Waals surface area contributed by atoms with Crippen LogP contribution >= 0.6 is 11.8 Å². The Morgan fingerprint density at radius 2 is 2.08 bits per heavy atom. The molecule has 2 N–H and O–H groups in total. The van der Waals surface area contributed by atoms with E-state index in [4.69, 9.17) is 5.11 Å². The number of rotatable bonds is 2. The van der Waals surface area contributed by atoms with Crippen LogP contribution in [-0.4, -0.2) is 35.8 Å². The van der Waals surface area contributed by atoms with Crippen molar-refractivity contribution in [3.8, 4) is 11.8 Å². The summed E-state index contributed by atoms with van der Waals surface area (Å²) < 4.78 is 0. The van der Waals surface area contributed by atoms with Crippen molar-refractivity contribution in [1.82, 2.24) is 5.32 Å². The summed E-state index contributed by atoms with van der Waals surface area (Å²) in [6, 6.07) is 0.652. The van der Waals surface area contributed by atoms with Crippen molar-refractivity contribution >= 4 is 11.8 Å². The third kappa shape index (κ3) is 4.01. The van der Waals surface area contributed by atoms with Gasteiger partial charge in [-0.05, 0) is 24.3 Å². The molecule has 0 amide bonds. The monoisotopic (exact) mass is 185 g/mol. The van der Waals surface area contributed by atoms with Crippen LogP contribution in [0.15, 0.2) is 0 Å². The lowest BCUT2D eigenvalue weighted by atomic mass is 10.1. The molecule has 0 atom stereocenters. The molecule has 0 radical (unpaired) electrons. The molecule has 0 aliphatic carbocycles. The van der Waals surface area contributed by atoms with E-state index in [-0.39, 0.29) is 6.61 Å². The van der Waals surface area contributed by atoms with Gasteiger partial charge in [0, 0.05) is 6.04 Å². The standard InChI is InChI=1S/C9H15NOS/c11-6-2-1-5-10-9-3-7-12-8-4-9/h9-11H,3-8H2. The minimum absolute atomic E-state index is 0.0256. The molecule has 0 spiro atoms. The first-order chi connectivity index (χ1) is 5.93. The lowest BCUT2D eigenvalue weighted by Crippen LogP contribution is -2.32. The summed E-state index contributed by atoms with van der Waals surface area (Å²) in [7, 11) is 0. The summed E-state index contributed by atoms with van der Waals surface area (Å²) >= 11 is 2.03. The van der Waals surface area contributed by atoms with Gasteiger partial charge in [0.15, 0.2) is 0 Å². The van der Waals surface area contributed by atoms with Gasteiger partial charge in [-0.1, -0.05) is 11.8 Å². The molecular weight excluding hydrogens is 170 g/mol. The second-order valence-electron chi connectivity index (χ2n) is 2.78. The Labute approximate surface area is 78.1 Å². The van der Waals surface area contributed by atoms with Gasteiger partial charge in [-0.2, -0.15) is 11.8 Å². The quantitative estimate of drug-likeness (QED) is 0.613. The van der Waals surface area contributed by atoms with Crippen LogP contribution in [0.3, 0.4) is 0 Å². The molecule has 2 nitrogen and oxygen atoms in total. The van der Waals surface area contributed by atoms with E-state index in [1.54, 1.807) is 0 Å². The molecule has 1 rings (SSSR count). The van der Waals surface area contributed by atoms with Gasteiger partial charge in [-0.25, -0.2) is 0 Å². The summed E-state index contributed by atoms with van der Waals surface area (Å²) in [6.45, 7) is 0.693. The molecule has 1 aliphatic heterocycles. The number of aliphatic hydroxyl groups is 1. The summed E-state index contributed by atoms with van der Waals surface area (Å²) in [6.07, 6.45) is 2.51. The Bertz CT molecular complexity index is 167. The average Bonchev–Trinajstić information content (AvgIpc) is 2.14. The minimum atomic E-state index is -0.0256. The maximum Gasteiger partial charge on any atom is 0.104 e. The smallest absolute Gasteiger partial charge is 0.104 e. The van der Waals surface area contributed by atoms with E-state index < -0.39 is 0 Å². The summed E-state index contributed by atoms with van der Waals surface area (Å²) in [5.41, 5.74) is 0. The highest BCUT2D eigenvalue weighted by Gasteiger charge is 2.11. The lowest BCUT2D eigenvalue weighted by molar-refractivity contribution is 0.350. The first-order valence-electron chi connectivity index (χ1n) is 4.31. The van der Waals surface area contributed by atoms with E-state index in [0.717, 1.165) is 6.54 Å². The van der Waals surface area contributed by atoms with Crippen molar-refractivity contribution in [3.05, 3.63) is 0 Å². The van der Waals surface area contributed by atoms with Crippen molar-refractivity contribution in [3.63, 3.8) is 0 Å². The maximum atomic E-state index is 8.40. The zero-order valence-corrected chi connectivity index (χ0v) is 7.99. The average molecular weight is 185 g/mol. The van der Waals surface area contributed by atoms with Gasteiger partial charge in [0.25, 0.3) is 0 Å². The van der Waals surface area contributed by atoms with Crippen LogP contribution in [0.4, 0.5) is 0 Å². The van der Waals surface area contributed by atoms with Crippen molar-refractivity contribution in [2.75, 3.05) is 24.7 Å². The van der Waals surface area contributed by atoms with Crippen LogP contribution in [-0.2, 0) is 0 Å². The van der Waals surface area contributed by atoms with Crippen LogP contribution in [0.2, 0.25) is 0 Å². The zero-order chi connectivity index (χ0) is 8.65. The molecule has 0 unspecified atom stereocenters. The maximum absolute atomic E-state index is 8.40. The molecule has 0 saturated carbocycles. The van der Waals surface area contributed by atoms with E-state index in [1.165, 1.54) is 24.3 Å². The SMILES string of the molecule is OCC#CCNC1CCSCC1. The van der Waals surface area contributed by atoms with E-state index in [1.807, 2.05) is 11.8 Å². The highest BCUT2D eigenvalue weighted by molar-refractivity contribution is 7.99. The molecule has 1 heterocycles. The molecular formula is C9H15NOS. The van der Waals surface area contributed by atoms with Crippen molar-refractivity contribution in [2.45, 2.75) is 18.9 Å². The summed E-state index contributed by atoms with van der Waals surface area (Å²) in [4.78, 5) is 0. The van der Waals surface area contributed by atoms with Gasteiger partial charge in [0.2, 0.25) is 0 Å². The van der Waals surface area contributed by atoms with Crippen LogP contribution in [0.1, 0.15) is 12.8 Å². The molecule has 68 valence electrons. The van der Waals surface area contributed by atoms with Gasteiger partial charge in [-0.3, -0.25) is 0 Å². The number of aliphatic hydroxyl groups excluding tert-OH is 1. The van der Waals surface area contributed by atoms with Crippen molar-refractivity contribution in [2.24, 2.45) is 0 Å². The predicted octanol–water partition coefficient (Wildman–Crippen LogP) is 0.467. The third-order valence-corrected chi connectivity index (χ3v) is 2.95. The number of nitrogens with one attached hydrogen (secondary N) is 1. The summed E-state index contributed by atoms with van der Waals surface area (Å²) in [5.74, 6) is 8.03. The Kier molecular flexibility index (Phi) is 5.25. The topological polar surface area (TPSA) is 32.3 Å². The van der Waals surface area contributed by atoms with Crippen LogP contribution in [0.5, 0.6) is 0 Å². The second kappa shape index (κ2) is 6.36. The van der Waals surface area contributed by atoms with Crippen molar-refractivity contribution in [1.29, 1.82) is 0 Å². The number of hydrogen-bond acceptors (Lipinski definition) is 3. The first-order valence-corrected chi connectivity index (χ1v) is 5.46. The predicted molar refractivity (Wildman–Crippen MR) is 53.2 cm³/mol. The van der Waals surface area contributed by atoms with Gasteiger partial charge in [0.1, 0.15) is 6.61 Å². The Morgan fingerprint density at radius 1 is 1.33 bits per heavy atom. The zero-order valence-electron chi connectivity index (χ0n) is 7.18.